The quantitative estimate of drug-likeness (QED) is 0.889. The number of carbonyl (C=O) groups excluding carboxylic acids is 1. The molecule has 1 aliphatic carbocycles. The molecule has 2 N–H and O–H groups in total. The molecule has 0 unspecified atom stereocenters. The van der Waals surface area contributed by atoms with Gasteiger partial charge in [0.1, 0.15) is 17.0 Å². The number of carbonyl (C=O) groups is 1. The molecule has 2 aliphatic rings. The first kappa shape index (κ1) is 13.0. The molecule has 0 aromatic carbocycles. The van der Waals surface area contributed by atoms with Crippen LogP contribution in [0.15, 0.2) is 17.8 Å². The zero-order valence-electron chi connectivity index (χ0n) is 11.7. The number of nitrogens with zero attached hydrogens (tertiary/aromatic N) is 4. The maximum absolute atomic E-state index is 12.3. The monoisotopic (exact) mass is 303 g/mol. The third-order valence-electron chi connectivity index (χ3n) is 4.32. The number of nitrogens with two attached hydrogens (primary N) is 1. The minimum absolute atomic E-state index is 0.116. The number of aromatic nitrogens is 2. The second-order valence-electron chi connectivity index (χ2n) is 5.77. The van der Waals surface area contributed by atoms with Gasteiger partial charge in [0.15, 0.2) is 0 Å². The number of thiophene rings is 1. The van der Waals surface area contributed by atoms with E-state index in [9.17, 15) is 4.79 Å². The molecule has 2 fully saturated rings. The van der Waals surface area contributed by atoms with Crippen LogP contribution >= 0.6 is 11.3 Å². The lowest BCUT2D eigenvalue weighted by Gasteiger charge is -2.36. The highest BCUT2D eigenvalue weighted by Crippen LogP contribution is 2.34. The van der Waals surface area contributed by atoms with Gasteiger partial charge in [0.05, 0.1) is 10.9 Å². The van der Waals surface area contributed by atoms with Gasteiger partial charge < -0.3 is 15.5 Å². The number of rotatable bonds is 2. The summed E-state index contributed by atoms with van der Waals surface area (Å²) in [6, 6.07) is 2.06. The van der Waals surface area contributed by atoms with E-state index in [-0.39, 0.29) is 5.91 Å². The van der Waals surface area contributed by atoms with E-state index in [0.717, 1.165) is 42.0 Å². The van der Waals surface area contributed by atoms with E-state index in [2.05, 4.69) is 20.9 Å². The van der Waals surface area contributed by atoms with Crippen LogP contribution in [-0.2, 0) is 4.79 Å². The van der Waals surface area contributed by atoms with Gasteiger partial charge in [-0.15, -0.1) is 11.3 Å². The first-order chi connectivity index (χ1) is 10.2. The molecule has 0 bridgehead atoms. The highest BCUT2D eigenvalue weighted by atomic mass is 32.1. The van der Waals surface area contributed by atoms with Gasteiger partial charge in [-0.05, 0) is 24.3 Å². The number of fused-ring (bicyclic) bond motifs is 1. The predicted molar refractivity (Wildman–Crippen MR) is 82.4 cm³/mol. The molecule has 2 aromatic rings. The van der Waals surface area contributed by atoms with Gasteiger partial charge in [0.25, 0.3) is 0 Å². The van der Waals surface area contributed by atoms with Crippen molar-refractivity contribution in [3.8, 4) is 0 Å². The van der Waals surface area contributed by atoms with Crippen LogP contribution in [0.5, 0.6) is 0 Å². The number of hydrogen-bond acceptors (Lipinski definition) is 6. The highest BCUT2D eigenvalue weighted by molar-refractivity contribution is 7.16. The van der Waals surface area contributed by atoms with E-state index in [1.54, 1.807) is 17.7 Å². The van der Waals surface area contributed by atoms with Gasteiger partial charge in [0.2, 0.25) is 5.91 Å². The molecular formula is C14H17N5OS. The molecule has 6 nitrogen and oxygen atoms in total. The Morgan fingerprint density at radius 2 is 2.00 bits per heavy atom. The summed E-state index contributed by atoms with van der Waals surface area (Å²) in [6.07, 6.45) is 3.27. The number of anilines is 1. The van der Waals surface area contributed by atoms with Crippen molar-refractivity contribution in [1.29, 1.82) is 0 Å². The Kier molecular flexibility index (Phi) is 2.87. The standard InChI is InChI=1S/C14H17N5OS/c15-14(2-3-14)13(20)19-6-4-18(5-7-19)11-10-1-8-21-12(10)17-9-16-11/h1,8-9H,2-7,15H2. The van der Waals surface area contributed by atoms with Crippen molar-refractivity contribution >= 4 is 33.3 Å². The molecule has 2 aromatic heterocycles. The first-order valence-electron chi connectivity index (χ1n) is 7.19. The van der Waals surface area contributed by atoms with E-state index >= 15 is 0 Å². The third-order valence-corrected chi connectivity index (χ3v) is 5.14. The fraction of sp³-hybridized carbons (Fsp3) is 0.500. The lowest BCUT2D eigenvalue weighted by atomic mass is 10.2. The van der Waals surface area contributed by atoms with Crippen molar-refractivity contribution in [3.63, 3.8) is 0 Å². The van der Waals surface area contributed by atoms with Crippen molar-refractivity contribution in [2.45, 2.75) is 18.4 Å². The summed E-state index contributed by atoms with van der Waals surface area (Å²) in [7, 11) is 0. The molecule has 1 aliphatic heterocycles. The molecule has 4 rings (SSSR count). The van der Waals surface area contributed by atoms with Crippen molar-refractivity contribution in [2.24, 2.45) is 5.73 Å². The molecule has 110 valence electrons. The molecule has 1 saturated heterocycles. The van der Waals surface area contributed by atoms with Crippen molar-refractivity contribution in [2.75, 3.05) is 31.1 Å². The van der Waals surface area contributed by atoms with Crippen molar-refractivity contribution < 1.29 is 4.79 Å². The number of piperazine rings is 1. The summed E-state index contributed by atoms with van der Waals surface area (Å²) >= 11 is 1.62. The smallest absolute Gasteiger partial charge is 0.242 e. The summed E-state index contributed by atoms with van der Waals surface area (Å²) in [5, 5.41) is 3.13. The van der Waals surface area contributed by atoms with Crippen LogP contribution < -0.4 is 10.6 Å². The maximum atomic E-state index is 12.3. The van der Waals surface area contributed by atoms with Gasteiger partial charge in [-0.25, -0.2) is 9.97 Å². The van der Waals surface area contributed by atoms with Crippen LogP contribution in [-0.4, -0.2) is 52.5 Å². The Morgan fingerprint density at radius 1 is 1.24 bits per heavy atom. The maximum Gasteiger partial charge on any atom is 0.242 e. The summed E-state index contributed by atoms with van der Waals surface area (Å²) in [4.78, 5) is 26.1. The van der Waals surface area contributed by atoms with Crippen molar-refractivity contribution in [1.82, 2.24) is 14.9 Å². The van der Waals surface area contributed by atoms with E-state index < -0.39 is 5.54 Å². The molecule has 1 saturated carbocycles. The molecular weight excluding hydrogens is 286 g/mol. The van der Waals surface area contributed by atoms with E-state index in [4.69, 9.17) is 5.73 Å². The average molecular weight is 303 g/mol. The van der Waals surface area contributed by atoms with Crippen LogP contribution in [0.3, 0.4) is 0 Å². The van der Waals surface area contributed by atoms with Crippen molar-refractivity contribution in [3.05, 3.63) is 17.8 Å². The fourth-order valence-electron chi connectivity index (χ4n) is 2.81. The SMILES string of the molecule is NC1(C(=O)N2CCN(c3ncnc4sccc34)CC2)CC1. The minimum atomic E-state index is -0.558. The van der Waals surface area contributed by atoms with Crippen LogP contribution in [0.2, 0.25) is 0 Å². The van der Waals surface area contributed by atoms with Crippen LogP contribution in [0.25, 0.3) is 10.2 Å². The predicted octanol–water partition coefficient (Wildman–Crippen LogP) is 0.831. The van der Waals surface area contributed by atoms with Crippen LogP contribution in [0, 0.1) is 0 Å². The Balaban J connectivity index is 1.50. The summed E-state index contributed by atoms with van der Waals surface area (Å²) in [5.74, 6) is 1.09. The average Bonchev–Trinajstić information content (AvgIpc) is 3.09. The van der Waals surface area contributed by atoms with Gasteiger partial charge in [-0.3, -0.25) is 4.79 Å². The Labute approximate surface area is 126 Å². The summed E-state index contributed by atoms with van der Waals surface area (Å²) in [5.41, 5.74) is 5.45. The van der Waals surface area contributed by atoms with E-state index in [1.807, 2.05) is 10.3 Å². The lowest BCUT2D eigenvalue weighted by molar-refractivity contribution is -0.133. The molecule has 1 amide bonds. The second-order valence-corrected chi connectivity index (χ2v) is 6.67. The number of amides is 1. The van der Waals surface area contributed by atoms with Gasteiger partial charge >= 0.3 is 0 Å². The zero-order valence-corrected chi connectivity index (χ0v) is 12.5. The minimum Gasteiger partial charge on any atom is -0.352 e. The molecule has 0 atom stereocenters. The molecule has 0 radical (unpaired) electrons. The van der Waals surface area contributed by atoms with Gasteiger partial charge in [0, 0.05) is 26.2 Å². The van der Waals surface area contributed by atoms with Crippen LogP contribution in [0.1, 0.15) is 12.8 Å². The zero-order chi connectivity index (χ0) is 14.4. The van der Waals surface area contributed by atoms with Gasteiger partial charge in [-0.2, -0.15) is 0 Å². The fourth-order valence-corrected chi connectivity index (χ4v) is 3.54. The normalized spacial score (nSPS) is 20.8. The Bertz CT molecular complexity index is 687. The Hall–Kier alpha value is -1.73. The highest BCUT2D eigenvalue weighted by Gasteiger charge is 2.48. The molecule has 7 heteroatoms. The molecule has 0 spiro atoms. The summed E-state index contributed by atoms with van der Waals surface area (Å²) < 4.78 is 0. The van der Waals surface area contributed by atoms with E-state index in [1.165, 1.54) is 0 Å². The van der Waals surface area contributed by atoms with E-state index in [0.29, 0.717) is 13.1 Å². The second kappa shape index (κ2) is 4.64. The number of hydrogen-bond donors (Lipinski definition) is 1. The summed E-state index contributed by atoms with van der Waals surface area (Å²) in [6.45, 7) is 3.02. The molecule has 21 heavy (non-hydrogen) atoms. The Morgan fingerprint density at radius 3 is 2.71 bits per heavy atom. The van der Waals surface area contributed by atoms with Gasteiger partial charge in [-0.1, -0.05) is 0 Å². The first-order valence-corrected chi connectivity index (χ1v) is 8.07. The third kappa shape index (κ3) is 2.16. The largest absolute Gasteiger partial charge is 0.352 e. The topological polar surface area (TPSA) is 75.4 Å². The van der Waals surface area contributed by atoms with Crippen LogP contribution in [0.4, 0.5) is 5.82 Å². The lowest BCUT2D eigenvalue weighted by Crippen LogP contribution is -2.54. The molecule has 3 heterocycles.